The van der Waals surface area contributed by atoms with Gasteiger partial charge in [0.2, 0.25) is 0 Å². The van der Waals surface area contributed by atoms with Gasteiger partial charge in [-0.2, -0.15) is 0 Å². The zero-order valence-electron chi connectivity index (χ0n) is 13.7. The van der Waals surface area contributed by atoms with Gasteiger partial charge in [-0.15, -0.1) is 0 Å². The summed E-state index contributed by atoms with van der Waals surface area (Å²) >= 11 is 0. The van der Waals surface area contributed by atoms with Crippen LogP contribution in [0.1, 0.15) is 24.0 Å². The maximum atomic E-state index is 13.0. The van der Waals surface area contributed by atoms with Crippen molar-refractivity contribution in [2.45, 2.75) is 18.9 Å². The number of carbonyl (C=O) groups excluding carboxylic acids is 1. The molecule has 0 unspecified atom stereocenters. The number of rotatable bonds is 3. The molecule has 1 saturated heterocycles. The summed E-state index contributed by atoms with van der Waals surface area (Å²) in [4.78, 5) is 15.4. The van der Waals surface area contributed by atoms with Crippen LogP contribution in [0, 0.1) is 0 Å². The van der Waals surface area contributed by atoms with Crippen LogP contribution in [0.15, 0.2) is 71.8 Å². The van der Waals surface area contributed by atoms with Gasteiger partial charge in [0.05, 0.1) is 0 Å². The minimum Gasteiger partial charge on any atom is -0.292 e. The fraction of sp³-hybridized carbons (Fsp3) is 0.227. The van der Waals surface area contributed by atoms with E-state index < -0.39 is 0 Å². The van der Waals surface area contributed by atoms with Gasteiger partial charge in [0.25, 0.3) is 0 Å². The number of piperidine rings is 1. The van der Waals surface area contributed by atoms with Gasteiger partial charge in [0.1, 0.15) is 0 Å². The Kier molecular flexibility index (Phi) is 4.14. The Labute approximate surface area is 143 Å². The molecule has 2 fully saturated rings. The molecule has 1 aliphatic heterocycles. The molecule has 1 saturated carbocycles. The van der Waals surface area contributed by atoms with Crippen LogP contribution in [0.3, 0.4) is 0 Å². The number of ketones is 1. The number of carbonyl (C=O) groups is 1. The van der Waals surface area contributed by atoms with Crippen molar-refractivity contribution in [2.75, 3.05) is 13.1 Å². The van der Waals surface area contributed by atoms with Gasteiger partial charge >= 0.3 is 0 Å². The highest BCUT2D eigenvalue weighted by Gasteiger charge is 2.35. The number of hydrogen-bond acceptors (Lipinski definition) is 2. The van der Waals surface area contributed by atoms with Crippen molar-refractivity contribution in [3.05, 3.63) is 82.9 Å². The summed E-state index contributed by atoms with van der Waals surface area (Å²) in [7, 11) is 0. The molecule has 2 nitrogen and oxygen atoms in total. The predicted octanol–water partition coefficient (Wildman–Crippen LogP) is 4.20. The monoisotopic (exact) mass is 315 g/mol. The number of hydrogen-bond donors (Lipinski definition) is 0. The molecule has 0 bridgehead atoms. The number of Topliss-reactive ketones (excluding diaryl/α,β-unsaturated/α-hetero) is 1. The van der Waals surface area contributed by atoms with Gasteiger partial charge in [-0.05, 0) is 36.1 Å². The molecule has 0 spiro atoms. The Morgan fingerprint density at radius 1 is 0.750 bits per heavy atom. The van der Waals surface area contributed by atoms with Gasteiger partial charge in [-0.3, -0.25) is 9.69 Å². The van der Waals surface area contributed by atoms with E-state index in [1.165, 1.54) is 12.8 Å². The molecule has 0 atom stereocenters. The van der Waals surface area contributed by atoms with E-state index in [2.05, 4.69) is 41.3 Å². The van der Waals surface area contributed by atoms with Crippen LogP contribution in [0.2, 0.25) is 0 Å². The first-order valence-electron chi connectivity index (χ1n) is 8.59. The van der Waals surface area contributed by atoms with Gasteiger partial charge in [-0.25, -0.2) is 0 Å². The molecule has 0 amide bonds. The summed E-state index contributed by atoms with van der Waals surface area (Å²) in [5.41, 5.74) is 4.00. The van der Waals surface area contributed by atoms with Gasteiger partial charge < -0.3 is 0 Å². The maximum Gasteiger partial charge on any atom is 0.187 e. The Morgan fingerprint density at radius 3 is 1.62 bits per heavy atom. The third-order valence-electron chi connectivity index (χ3n) is 4.67. The average Bonchev–Trinajstić information content (AvgIpc) is 3.45. The Bertz CT molecular complexity index is 724. The highest BCUT2D eigenvalue weighted by molar-refractivity contribution is 6.14. The summed E-state index contributed by atoms with van der Waals surface area (Å²) in [6.07, 6.45) is 6.61. The Balaban J connectivity index is 1.68. The molecule has 4 rings (SSSR count). The lowest BCUT2D eigenvalue weighted by atomic mass is 9.94. The smallest absolute Gasteiger partial charge is 0.187 e. The summed E-state index contributed by atoms with van der Waals surface area (Å²) in [5, 5.41) is 0. The summed E-state index contributed by atoms with van der Waals surface area (Å²) in [6, 6.07) is 20.9. The van der Waals surface area contributed by atoms with Gasteiger partial charge in [0, 0.05) is 30.3 Å². The molecule has 2 heteroatoms. The van der Waals surface area contributed by atoms with Crippen molar-refractivity contribution in [1.82, 2.24) is 4.90 Å². The van der Waals surface area contributed by atoms with Crippen LogP contribution in [-0.2, 0) is 4.79 Å². The van der Waals surface area contributed by atoms with E-state index >= 15 is 0 Å². The van der Waals surface area contributed by atoms with Gasteiger partial charge in [0.15, 0.2) is 5.78 Å². The van der Waals surface area contributed by atoms with Crippen LogP contribution >= 0.6 is 0 Å². The van der Waals surface area contributed by atoms with Gasteiger partial charge in [-0.1, -0.05) is 60.7 Å². The molecule has 2 aromatic rings. The lowest BCUT2D eigenvalue weighted by Crippen LogP contribution is -2.39. The van der Waals surface area contributed by atoms with E-state index in [-0.39, 0.29) is 5.78 Å². The molecule has 1 heterocycles. The highest BCUT2D eigenvalue weighted by atomic mass is 16.1. The average molecular weight is 315 g/mol. The normalized spacial score (nSPS) is 22.2. The van der Waals surface area contributed by atoms with Crippen molar-refractivity contribution in [1.29, 1.82) is 0 Å². The van der Waals surface area contributed by atoms with E-state index in [9.17, 15) is 4.79 Å². The van der Waals surface area contributed by atoms with E-state index in [4.69, 9.17) is 0 Å². The number of benzene rings is 2. The first kappa shape index (κ1) is 15.1. The topological polar surface area (TPSA) is 20.3 Å². The second kappa shape index (κ2) is 6.58. The van der Waals surface area contributed by atoms with Crippen molar-refractivity contribution in [2.24, 2.45) is 0 Å². The van der Waals surface area contributed by atoms with Crippen molar-refractivity contribution in [3.8, 4) is 0 Å². The maximum absolute atomic E-state index is 13.0. The molecule has 2 aliphatic rings. The van der Waals surface area contributed by atoms with Crippen molar-refractivity contribution >= 4 is 17.9 Å². The number of likely N-dealkylation sites (tertiary alicyclic amines) is 1. The lowest BCUT2D eigenvalue weighted by molar-refractivity contribution is -0.113. The van der Waals surface area contributed by atoms with E-state index in [0.29, 0.717) is 6.04 Å². The van der Waals surface area contributed by atoms with Crippen LogP contribution in [0.5, 0.6) is 0 Å². The second-order valence-electron chi connectivity index (χ2n) is 6.63. The molecule has 0 N–H and O–H groups in total. The third kappa shape index (κ3) is 3.39. The van der Waals surface area contributed by atoms with E-state index in [1.807, 2.05) is 36.4 Å². The molecule has 0 aromatic heterocycles. The third-order valence-corrected chi connectivity index (χ3v) is 4.67. The lowest BCUT2D eigenvalue weighted by Gasteiger charge is -2.29. The van der Waals surface area contributed by atoms with E-state index in [1.54, 1.807) is 0 Å². The minimum atomic E-state index is 0.194. The van der Waals surface area contributed by atoms with Crippen LogP contribution in [0.4, 0.5) is 0 Å². The first-order valence-corrected chi connectivity index (χ1v) is 8.59. The molecular formula is C22H21NO. The highest BCUT2D eigenvalue weighted by Crippen LogP contribution is 2.32. The van der Waals surface area contributed by atoms with Crippen molar-refractivity contribution < 1.29 is 4.79 Å². The Morgan fingerprint density at radius 2 is 1.21 bits per heavy atom. The summed E-state index contributed by atoms with van der Waals surface area (Å²) < 4.78 is 0. The molecule has 24 heavy (non-hydrogen) atoms. The quantitative estimate of drug-likeness (QED) is 0.791. The molecule has 2 aromatic carbocycles. The number of nitrogens with zero attached hydrogens (tertiary/aromatic N) is 1. The van der Waals surface area contributed by atoms with Crippen LogP contribution in [-0.4, -0.2) is 29.8 Å². The predicted molar refractivity (Wildman–Crippen MR) is 98.4 cm³/mol. The second-order valence-corrected chi connectivity index (χ2v) is 6.63. The minimum absolute atomic E-state index is 0.194. The van der Waals surface area contributed by atoms with Crippen LogP contribution in [0.25, 0.3) is 12.2 Å². The largest absolute Gasteiger partial charge is 0.292 e. The van der Waals surface area contributed by atoms with Crippen molar-refractivity contribution in [3.63, 3.8) is 0 Å². The summed E-state index contributed by atoms with van der Waals surface area (Å²) in [5.74, 6) is 0.194. The Hall–Kier alpha value is -2.45. The first-order chi connectivity index (χ1) is 11.8. The molecule has 0 radical (unpaired) electrons. The fourth-order valence-electron chi connectivity index (χ4n) is 3.26. The molecule has 1 aliphatic carbocycles. The zero-order valence-corrected chi connectivity index (χ0v) is 13.7. The molecular weight excluding hydrogens is 294 g/mol. The standard InChI is InChI=1S/C22H21NO/c24-22-19(13-17-7-3-1-4-8-17)15-23(21-11-12-21)16-20(22)14-18-9-5-2-6-10-18/h1-10,13-14,21H,11-12,15-16H2/b19-13+,20-14+. The SMILES string of the molecule is O=C1/C(=C/c2ccccc2)CN(C2CC2)C/C1=C\c1ccccc1. The van der Waals surface area contributed by atoms with E-state index in [0.717, 1.165) is 35.4 Å². The van der Waals surface area contributed by atoms with Crippen LogP contribution < -0.4 is 0 Å². The molecule has 120 valence electrons. The zero-order chi connectivity index (χ0) is 16.4. The fourth-order valence-corrected chi connectivity index (χ4v) is 3.26. The summed E-state index contributed by atoms with van der Waals surface area (Å²) in [6.45, 7) is 1.54.